The lowest BCUT2D eigenvalue weighted by atomic mass is 9.97. The molecule has 2 nitrogen and oxygen atoms in total. The highest BCUT2D eigenvalue weighted by Crippen LogP contribution is 2.30. The van der Waals surface area contributed by atoms with Gasteiger partial charge in [-0.05, 0) is 49.5 Å². The second kappa shape index (κ2) is 6.04. The van der Waals surface area contributed by atoms with Gasteiger partial charge in [0, 0.05) is 22.5 Å². The van der Waals surface area contributed by atoms with Gasteiger partial charge in [-0.15, -0.1) is 11.3 Å². The number of benzene rings is 1. The molecule has 1 fully saturated rings. The number of piperidine rings is 1. The molecular weight excluding hydrogens is 276 g/mol. The molecule has 0 unspecified atom stereocenters. The van der Waals surface area contributed by atoms with Crippen LogP contribution >= 0.6 is 22.9 Å². The van der Waals surface area contributed by atoms with Gasteiger partial charge in [0.05, 0.1) is 5.01 Å². The van der Waals surface area contributed by atoms with Crippen LogP contribution in [-0.2, 0) is 6.42 Å². The number of nitrogens with zero attached hydrogens (tertiary/aromatic N) is 1. The molecule has 0 amide bonds. The SMILES string of the molecule is Clc1cccc(Cc2ncc(C3CCNCC3)s2)c1. The zero-order chi connectivity index (χ0) is 13.1. The second-order valence-corrected chi connectivity index (χ2v) is 6.57. The fourth-order valence-corrected chi connectivity index (χ4v) is 3.86. The minimum atomic E-state index is 0.701. The lowest BCUT2D eigenvalue weighted by molar-refractivity contribution is 0.465. The van der Waals surface area contributed by atoms with Crippen molar-refractivity contribution in [2.24, 2.45) is 0 Å². The summed E-state index contributed by atoms with van der Waals surface area (Å²) in [5, 5.41) is 5.40. The van der Waals surface area contributed by atoms with E-state index in [-0.39, 0.29) is 0 Å². The van der Waals surface area contributed by atoms with Crippen molar-refractivity contribution in [1.82, 2.24) is 10.3 Å². The molecule has 1 N–H and O–H groups in total. The first-order chi connectivity index (χ1) is 9.31. The highest BCUT2D eigenvalue weighted by molar-refractivity contribution is 7.11. The molecule has 2 heterocycles. The largest absolute Gasteiger partial charge is 0.317 e. The van der Waals surface area contributed by atoms with Gasteiger partial charge in [0.2, 0.25) is 0 Å². The van der Waals surface area contributed by atoms with Gasteiger partial charge in [0.25, 0.3) is 0 Å². The molecule has 0 bridgehead atoms. The van der Waals surface area contributed by atoms with Crippen LogP contribution in [-0.4, -0.2) is 18.1 Å². The van der Waals surface area contributed by atoms with E-state index in [0.29, 0.717) is 5.92 Å². The maximum Gasteiger partial charge on any atom is 0.0971 e. The average molecular weight is 293 g/mol. The summed E-state index contributed by atoms with van der Waals surface area (Å²) in [6.07, 6.45) is 5.42. The number of hydrogen-bond donors (Lipinski definition) is 1. The molecule has 1 saturated heterocycles. The highest BCUT2D eigenvalue weighted by atomic mass is 35.5. The minimum Gasteiger partial charge on any atom is -0.317 e. The molecule has 1 aromatic carbocycles. The molecule has 0 atom stereocenters. The molecule has 4 heteroatoms. The van der Waals surface area contributed by atoms with E-state index in [1.807, 2.05) is 29.5 Å². The zero-order valence-electron chi connectivity index (χ0n) is 10.7. The molecule has 1 aromatic heterocycles. The maximum atomic E-state index is 6.01. The monoisotopic (exact) mass is 292 g/mol. The van der Waals surface area contributed by atoms with Crippen LogP contribution in [0.25, 0.3) is 0 Å². The summed E-state index contributed by atoms with van der Waals surface area (Å²) in [5.74, 6) is 0.701. The summed E-state index contributed by atoms with van der Waals surface area (Å²) in [6, 6.07) is 8.04. The predicted octanol–water partition coefficient (Wildman–Crippen LogP) is 3.85. The van der Waals surface area contributed by atoms with Gasteiger partial charge in [-0.1, -0.05) is 23.7 Å². The van der Waals surface area contributed by atoms with E-state index in [9.17, 15) is 0 Å². The molecule has 0 aliphatic carbocycles. The number of thiazole rings is 1. The summed E-state index contributed by atoms with van der Waals surface area (Å²) in [6.45, 7) is 2.26. The number of halogens is 1. The smallest absolute Gasteiger partial charge is 0.0971 e. The average Bonchev–Trinajstić information content (AvgIpc) is 2.88. The summed E-state index contributed by atoms with van der Waals surface area (Å²) in [4.78, 5) is 6.01. The first kappa shape index (κ1) is 13.1. The molecule has 19 heavy (non-hydrogen) atoms. The van der Waals surface area contributed by atoms with Crippen LogP contribution in [0.2, 0.25) is 5.02 Å². The van der Waals surface area contributed by atoms with Crippen molar-refractivity contribution in [3.05, 3.63) is 50.9 Å². The molecule has 100 valence electrons. The highest BCUT2D eigenvalue weighted by Gasteiger charge is 2.17. The standard InChI is InChI=1S/C15H17ClN2S/c16-13-3-1-2-11(8-13)9-15-18-10-14(19-15)12-4-6-17-7-5-12/h1-3,8,10,12,17H,4-7,9H2. The van der Waals surface area contributed by atoms with Crippen LogP contribution in [0.1, 0.15) is 34.2 Å². The van der Waals surface area contributed by atoms with Gasteiger partial charge in [-0.25, -0.2) is 4.98 Å². The van der Waals surface area contributed by atoms with E-state index in [4.69, 9.17) is 11.6 Å². The van der Waals surface area contributed by atoms with Gasteiger partial charge in [-0.2, -0.15) is 0 Å². The van der Waals surface area contributed by atoms with E-state index >= 15 is 0 Å². The lowest BCUT2D eigenvalue weighted by Gasteiger charge is -2.20. The topological polar surface area (TPSA) is 24.9 Å². The summed E-state index contributed by atoms with van der Waals surface area (Å²) < 4.78 is 0. The van der Waals surface area contributed by atoms with E-state index in [0.717, 1.165) is 24.5 Å². The third-order valence-electron chi connectivity index (χ3n) is 3.56. The van der Waals surface area contributed by atoms with E-state index < -0.39 is 0 Å². The molecule has 1 aliphatic heterocycles. The first-order valence-corrected chi connectivity index (χ1v) is 7.90. The van der Waals surface area contributed by atoms with E-state index in [1.165, 1.54) is 28.3 Å². The Labute approximate surface area is 122 Å². The van der Waals surface area contributed by atoms with Crippen LogP contribution in [0.3, 0.4) is 0 Å². The van der Waals surface area contributed by atoms with Gasteiger partial charge in [-0.3, -0.25) is 0 Å². The van der Waals surface area contributed by atoms with Gasteiger partial charge in [0.1, 0.15) is 0 Å². The van der Waals surface area contributed by atoms with Gasteiger partial charge in [0.15, 0.2) is 0 Å². The van der Waals surface area contributed by atoms with Crippen molar-refractivity contribution < 1.29 is 0 Å². The summed E-state index contributed by atoms with van der Waals surface area (Å²) in [5.41, 5.74) is 1.23. The first-order valence-electron chi connectivity index (χ1n) is 6.71. The van der Waals surface area contributed by atoms with Crippen LogP contribution in [0.15, 0.2) is 30.5 Å². The van der Waals surface area contributed by atoms with Crippen molar-refractivity contribution in [2.75, 3.05) is 13.1 Å². The Morgan fingerprint density at radius 3 is 2.95 bits per heavy atom. The van der Waals surface area contributed by atoms with Crippen molar-refractivity contribution in [3.8, 4) is 0 Å². The number of rotatable bonds is 3. The predicted molar refractivity (Wildman–Crippen MR) is 81.2 cm³/mol. The third-order valence-corrected chi connectivity index (χ3v) is 4.95. The molecule has 3 rings (SSSR count). The lowest BCUT2D eigenvalue weighted by Crippen LogP contribution is -2.26. The van der Waals surface area contributed by atoms with Crippen LogP contribution in [0.5, 0.6) is 0 Å². The quantitative estimate of drug-likeness (QED) is 0.929. The van der Waals surface area contributed by atoms with Crippen LogP contribution in [0, 0.1) is 0 Å². The Morgan fingerprint density at radius 1 is 1.32 bits per heavy atom. The van der Waals surface area contributed by atoms with Crippen LogP contribution in [0.4, 0.5) is 0 Å². The summed E-state index contributed by atoms with van der Waals surface area (Å²) in [7, 11) is 0. The fourth-order valence-electron chi connectivity index (χ4n) is 2.52. The van der Waals surface area contributed by atoms with Crippen molar-refractivity contribution in [2.45, 2.75) is 25.2 Å². The van der Waals surface area contributed by atoms with Crippen molar-refractivity contribution in [3.63, 3.8) is 0 Å². The second-order valence-electron chi connectivity index (χ2n) is 4.99. The van der Waals surface area contributed by atoms with Gasteiger partial charge >= 0.3 is 0 Å². The molecule has 0 saturated carbocycles. The number of nitrogens with one attached hydrogen (secondary N) is 1. The van der Waals surface area contributed by atoms with Crippen LogP contribution < -0.4 is 5.32 Å². The summed E-state index contributed by atoms with van der Waals surface area (Å²) >= 11 is 7.87. The Morgan fingerprint density at radius 2 is 2.16 bits per heavy atom. The van der Waals surface area contributed by atoms with E-state index in [1.54, 1.807) is 0 Å². The molecule has 0 radical (unpaired) electrons. The Balaban J connectivity index is 1.70. The van der Waals surface area contributed by atoms with Crippen molar-refractivity contribution >= 4 is 22.9 Å². The molecule has 1 aliphatic rings. The third kappa shape index (κ3) is 3.35. The molecular formula is C15H17ClN2S. The molecule has 0 spiro atoms. The van der Waals surface area contributed by atoms with Gasteiger partial charge < -0.3 is 5.32 Å². The normalized spacial score (nSPS) is 16.7. The maximum absolute atomic E-state index is 6.01. The van der Waals surface area contributed by atoms with Crippen molar-refractivity contribution in [1.29, 1.82) is 0 Å². The molecule has 2 aromatic rings. The zero-order valence-corrected chi connectivity index (χ0v) is 12.3. The Kier molecular flexibility index (Phi) is 4.16. The fraction of sp³-hybridized carbons (Fsp3) is 0.400. The number of hydrogen-bond acceptors (Lipinski definition) is 3. The minimum absolute atomic E-state index is 0.701. The number of aromatic nitrogens is 1. The Hall–Kier alpha value is -0.900. The Bertz CT molecular complexity index is 547. The van der Waals surface area contributed by atoms with E-state index in [2.05, 4.69) is 22.6 Å².